The Morgan fingerprint density at radius 2 is 2.22 bits per heavy atom. The number of hydrogen-bond acceptors (Lipinski definition) is 5. The summed E-state index contributed by atoms with van der Waals surface area (Å²) < 4.78 is 5.57. The number of hydrogen-bond donors (Lipinski definition) is 1. The number of amides is 2. The molecule has 0 saturated heterocycles. The lowest BCUT2D eigenvalue weighted by molar-refractivity contribution is -0.122. The second-order valence-electron chi connectivity index (χ2n) is 6.91. The first kappa shape index (κ1) is 17.5. The lowest BCUT2D eigenvalue weighted by Crippen LogP contribution is -2.36. The van der Waals surface area contributed by atoms with E-state index in [-0.39, 0.29) is 24.5 Å². The Kier molecular flexibility index (Phi) is 4.51. The van der Waals surface area contributed by atoms with Crippen LogP contribution in [0.1, 0.15) is 43.4 Å². The average molecular weight is 366 g/mol. The van der Waals surface area contributed by atoms with Gasteiger partial charge in [-0.05, 0) is 36.5 Å². The molecular weight excluding hydrogens is 344 g/mol. The first-order valence-electron chi connectivity index (χ1n) is 9.24. The van der Waals surface area contributed by atoms with E-state index in [0.717, 1.165) is 36.0 Å². The molecule has 2 aromatic heterocycles. The minimum absolute atomic E-state index is 0.000703. The number of rotatable bonds is 3. The van der Waals surface area contributed by atoms with Crippen LogP contribution < -0.4 is 15.0 Å². The van der Waals surface area contributed by atoms with E-state index in [1.54, 1.807) is 13.2 Å². The number of likely N-dealkylation sites (N-methyl/N-ethyl adjacent to an activating group) is 1. The summed E-state index contributed by atoms with van der Waals surface area (Å²) in [6.45, 7) is 1.87. The zero-order valence-corrected chi connectivity index (χ0v) is 15.5. The van der Waals surface area contributed by atoms with Crippen molar-refractivity contribution in [2.45, 2.75) is 38.6 Å². The van der Waals surface area contributed by atoms with Gasteiger partial charge in [0.1, 0.15) is 0 Å². The summed E-state index contributed by atoms with van der Waals surface area (Å²) in [6, 6.07) is 1.91. The van der Waals surface area contributed by atoms with Crippen molar-refractivity contribution in [3.63, 3.8) is 0 Å². The van der Waals surface area contributed by atoms with Crippen LogP contribution in [0.4, 0.5) is 5.82 Å². The standard InChI is InChI=1S/C20H22N4O3/c1-3-18(25)23-16-6-4-5-13-14(9-21-10-15(13)16)12-7-17-20(22-8-12)24(2)19(26)11-27-17/h7-10,16H,3-6,11H2,1-2H3,(H,23,25)/t16-/m1/s1. The third-order valence-corrected chi connectivity index (χ3v) is 5.23. The van der Waals surface area contributed by atoms with Gasteiger partial charge in [-0.3, -0.25) is 19.5 Å². The summed E-state index contributed by atoms with van der Waals surface area (Å²) >= 11 is 0. The molecule has 0 spiro atoms. The monoisotopic (exact) mass is 366 g/mol. The number of fused-ring (bicyclic) bond motifs is 2. The van der Waals surface area contributed by atoms with Crippen molar-refractivity contribution in [3.8, 4) is 16.9 Å². The lowest BCUT2D eigenvalue weighted by atomic mass is 9.85. The molecule has 1 aliphatic carbocycles. The van der Waals surface area contributed by atoms with Gasteiger partial charge in [-0.25, -0.2) is 4.98 Å². The number of aromatic nitrogens is 2. The highest BCUT2D eigenvalue weighted by Crippen LogP contribution is 2.38. The van der Waals surface area contributed by atoms with E-state index in [1.165, 1.54) is 10.5 Å². The lowest BCUT2D eigenvalue weighted by Gasteiger charge is -2.28. The van der Waals surface area contributed by atoms with Crippen LogP contribution >= 0.6 is 0 Å². The summed E-state index contributed by atoms with van der Waals surface area (Å²) in [5.74, 6) is 1.06. The molecule has 7 nitrogen and oxygen atoms in total. The Morgan fingerprint density at radius 1 is 1.37 bits per heavy atom. The number of nitrogens with zero attached hydrogens (tertiary/aromatic N) is 3. The molecule has 0 unspecified atom stereocenters. The largest absolute Gasteiger partial charge is 0.480 e. The second-order valence-corrected chi connectivity index (χ2v) is 6.91. The first-order valence-corrected chi connectivity index (χ1v) is 9.24. The molecule has 0 fully saturated rings. The van der Waals surface area contributed by atoms with Crippen LogP contribution in [0.25, 0.3) is 11.1 Å². The Hall–Kier alpha value is -2.96. The van der Waals surface area contributed by atoms with E-state index in [9.17, 15) is 9.59 Å². The number of anilines is 1. The smallest absolute Gasteiger partial charge is 0.265 e. The number of pyridine rings is 2. The predicted octanol–water partition coefficient (Wildman–Crippen LogP) is 2.40. The normalized spacial score (nSPS) is 18.4. The predicted molar refractivity (Wildman–Crippen MR) is 100 cm³/mol. The Balaban J connectivity index is 1.73. The van der Waals surface area contributed by atoms with Crippen molar-refractivity contribution in [2.75, 3.05) is 18.6 Å². The topological polar surface area (TPSA) is 84.4 Å². The van der Waals surface area contributed by atoms with E-state index < -0.39 is 0 Å². The fraction of sp³-hybridized carbons (Fsp3) is 0.400. The zero-order valence-electron chi connectivity index (χ0n) is 15.5. The van der Waals surface area contributed by atoms with Crippen molar-refractivity contribution >= 4 is 17.6 Å². The molecular formula is C20H22N4O3. The molecule has 4 rings (SSSR count). The number of carbonyl (C=O) groups excluding carboxylic acids is 2. The van der Waals surface area contributed by atoms with Crippen molar-refractivity contribution in [3.05, 3.63) is 35.8 Å². The van der Waals surface area contributed by atoms with Gasteiger partial charge in [0.05, 0.1) is 6.04 Å². The molecule has 27 heavy (non-hydrogen) atoms. The summed E-state index contributed by atoms with van der Waals surface area (Å²) in [6.07, 6.45) is 8.77. The van der Waals surface area contributed by atoms with E-state index >= 15 is 0 Å². The van der Waals surface area contributed by atoms with Crippen LogP contribution in [0.15, 0.2) is 24.7 Å². The van der Waals surface area contributed by atoms with Crippen molar-refractivity contribution in [1.29, 1.82) is 0 Å². The Morgan fingerprint density at radius 3 is 3.04 bits per heavy atom. The number of carbonyl (C=O) groups is 2. The maximum atomic E-state index is 11.9. The Bertz CT molecular complexity index is 912. The maximum Gasteiger partial charge on any atom is 0.265 e. The zero-order chi connectivity index (χ0) is 19.0. The molecule has 1 aliphatic heterocycles. The van der Waals surface area contributed by atoms with Crippen LogP contribution in [0, 0.1) is 0 Å². The van der Waals surface area contributed by atoms with Gasteiger partial charge in [-0.1, -0.05) is 6.92 Å². The molecule has 3 heterocycles. The summed E-state index contributed by atoms with van der Waals surface area (Å²) in [7, 11) is 1.70. The van der Waals surface area contributed by atoms with Crippen molar-refractivity contribution in [1.82, 2.24) is 15.3 Å². The SMILES string of the molecule is CCC(=O)N[C@@H]1CCCc2c(-c3cnc4c(c3)OCC(=O)N4C)cncc21. The quantitative estimate of drug-likeness (QED) is 0.902. The number of ether oxygens (including phenoxy) is 1. The van der Waals surface area contributed by atoms with Crippen LogP contribution in [0.2, 0.25) is 0 Å². The van der Waals surface area contributed by atoms with Gasteiger partial charge >= 0.3 is 0 Å². The van der Waals surface area contributed by atoms with Gasteiger partial charge in [0.2, 0.25) is 5.91 Å². The van der Waals surface area contributed by atoms with Crippen LogP contribution in [-0.4, -0.2) is 35.4 Å². The highest BCUT2D eigenvalue weighted by molar-refractivity contribution is 5.96. The molecule has 7 heteroatoms. The highest BCUT2D eigenvalue weighted by Gasteiger charge is 2.27. The van der Waals surface area contributed by atoms with Crippen LogP contribution in [0.5, 0.6) is 5.75 Å². The summed E-state index contributed by atoms with van der Waals surface area (Å²) in [5.41, 5.74) is 4.18. The van der Waals surface area contributed by atoms with E-state index in [0.29, 0.717) is 18.0 Å². The fourth-order valence-corrected chi connectivity index (χ4v) is 3.71. The van der Waals surface area contributed by atoms with Crippen LogP contribution in [-0.2, 0) is 16.0 Å². The molecule has 2 amide bonds. The van der Waals surface area contributed by atoms with E-state index in [2.05, 4.69) is 15.3 Å². The maximum absolute atomic E-state index is 11.9. The summed E-state index contributed by atoms with van der Waals surface area (Å²) in [5, 5.41) is 3.10. The minimum atomic E-state index is -0.115. The van der Waals surface area contributed by atoms with Gasteiger partial charge in [0.15, 0.2) is 18.2 Å². The highest BCUT2D eigenvalue weighted by atomic mass is 16.5. The fourth-order valence-electron chi connectivity index (χ4n) is 3.71. The van der Waals surface area contributed by atoms with E-state index in [1.807, 2.05) is 25.4 Å². The molecule has 0 saturated carbocycles. The second kappa shape index (κ2) is 6.98. The van der Waals surface area contributed by atoms with Gasteiger partial charge in [-0.15, -0.1) is 0 Å². The Labute approximate surface area is 157 Å². The number of nitrogens with one attached hydrogen (secondary N) is 1. The molecule has 1 atom stereocenters. The average Bonchev–Trinajstić information content (AvgIpc) is 2.70. The van der Waals surface area contributed by atoms with Crippen LogP contribution in [0.3, 0.4) is 0 Å². The van der Waals surface area contributed by atoms with Crippen molar-refractivity contribution in [2.24, 2.45) is 0 Å². The summed E-state index contributed by atoms with van der Waals surface area (Å²) in [4.78, 5) is 34.0. The molecule has 0 aromatic carbocycles. The van der Waals surface area contributed by atoms with Crippen molar-refractivity contribution < 1.29 is 14.3 Å². The molecule has 1 N–H and O–H groups in total. The minimum Gasteiger partial charge on any atom is -0.480 e. The third kappa shape index (κ3) is 3.13. The van der Waals surface area contributed by atoms with Gasteiger partial charge in [0.25, 0.3) is 5.91 Å². The first-order chi connectivity index (χ1) is 13.1. The third-order valence-electron chi connectivity index (χ3n) is 5.23. The molecule has 0 radical (unpaired) electrons. The molecule has 0 bridgehead atoms. The van der Waals surface area contributed by atoms with E-state index in [4.69, 9.17) is 4.74 Å². The molecule has 140 valence electrons. The van der Waals surface area contributed by atoms with Gasteiger partial charge in [-0.2, -0.15) is 0 Å². The van der Waals surface area contributed by atoms with Gasteiger partial charge < -0.3 is 10.1 Å². The van der Waals surface area contributed by atoms with Gasteiger partial charge in [0, 0.05) is 43.2 Å². The molecule has 2 aromatic rings. The molecule has 2 aliphatic rings.